The van der Waals surface area contributed by atoms with Crippen LogP contribution in [0.2, 0.25) is 0 Å². The van der Waals surface area contributed by atoms with Gasteiger partial charge in [0.1, 0.15) is 5.75 Å². The van der Waals surface area contributed by atoms with E-state index < -0.39 is 6.10 Å². The molecule has 1 aromatic heterocycles. The molecule has 0 saturated carbocycles. The van der Waals surface area contributed by atoms with Crippen molar-refractivity contribution in [1.82, 2.24) is 4.98 Å². The Bertz CT molecular complexity index is 377. The molecule has 1 aliphatic heterocycles. The fourth-order valence-electron chi connectivity index (χ4n) is 2.30. The van der Waals surface area contributed by atoms with Crippen LogP contribution in [0.1, 0.15) is 50.7 Å². The fourth-order valence-corrected chi connectivity index (χ4v) is 2.30. The standard InChI is InChI=1S/C15H23NO3/c1-2-6-18-14-8-12(10-16-11-14)15(17)9-13-5-3-4-7-19-13/h8,10-11,13,15,17H,2-7,9H2,1H3. The molecule has 0 spiro atoms. The molecule has 2 heterocycles. The summed E-state index contributed by atoms with van der Waals surface area (Å²) in [6, 6.07) is 1.87. The fraction of sp³-hybridized carbons (Fsp3) is 0.667. The summed E-state index contributed by atoms with van der Waals surface area (Å²) in [4.78, 5) is 4.13. The highest BCUT2D eigenvalue weighted by atomic mass is 16.5. The third-order valence-electron chi connectivity index (χ3n) is 3.35. The average molecular weight is 265 g/mol. The molecule has 0 aliphatic carbocycles. The molecular weight excluding hydrogens is 242 g/mol. The molecule has 4 nitrogen and oxygen atoms in total. The molecule has 2 unspecified atom stereocenters. The SMILES string of the molecule is CCCOc1cncc(C(O)CC2CCCCO2)c1. The molecule has 0 aromatic carbocycles. The molecule has 19 heavy (non-hydrogen) atoms. The number of hydrogen-bond acceptors (Lipinski definition) is 4. The lowest BCUT2D eigenvalue weighted by Gasteiger charge is -2.24. The molecule has 4 heteroatoms. The zero-order valence-electron chi connectivity index (χ0n) is 11.5. The predicted octanol–water partition coefficient (Wildman–Crippen LogP) is 2.86. The van der Waals surface area contributed by atoms with Gasteiger partial charge in [-0.15, -0.1) is 0 Å². The maximum atomic E-state index is 10.2. The number of hydrogen-bond donors (Lipinski definition) is 1. The maximum Gasteiger partial charge on any atom is 0.137 e. The Labute approximate surface area is 114 Å². The summed E-state index contributed by atoms with van der Waals surface area (Å²) in [6.07, 6.45) is 7.99. The Hall–Kier alpha value is -1.13. The molecule has 106 valence electrons. The highest BCUT2D eigenvalue weighted by Crippen LogP contribution is 2.26. The van der Waals surface area contributed by atoms with Crippen LogP contribution in [-0.2, 0) is 4.74 Å². The lowest BCUT2D eigenvalue weighted by Crippen LogP contribution is -2.21. The number of aliphatic hydroxyl groups excluding tert-OH is 1. The average Bonchev–Trinajstić information content (AvgIpc) is 2.46. The van der Waals surface area contributed by atoms with Crippen LogP contribution in [0.15, 0.2) is 18.5 Å². The van der Waals surface area contributed by atoms with Crippen molar-refractivity contribution in [1.29, 1.82) is 0 Å². The van der Waals surface area contributed by atoms with E-state index in [9.17, 15) is 5.11 Å². The van der Waals surface area contributed by atoms with E-state index in [1.165, 1.54) is 6.42 Å². The van der Waals surface area contributed by atoms with E-state index in [2.05, 4.69) is 11.9 Å². The number of aliphatic hydroxyl groups is 1. The van der Waals surface area contributed by atoms with Gasteiger partial charge in [-0.1, -0.05) is 6.92 Å². The van der Waals surface area contributed by atoms with Crippen LogP contribution in [0.5, 0.6) is 5.75 Å². The van der Waals surface area contributed by atoms with Gasteiger partial charge in [-0.3, -0.25) is 4.98 Å². The van der Waals surface area contributed by atoms with Crippen molar-refractivity contribution in [3.63, 3.8) is 0 Å². The van der Waals surface area contributed by atoms with E-state index in [1.54, 1.807) is 12.4 Å². The Kier molecular flexibility index (Phi) is 5.61. The van der Waals surface area contributed by atoms with Crippen LogP contribution >= 0.6 is 0 Å². The first-order valence-electron chi connectivity index (χ1n) is 7.17. The third-order valence-corrected chi connectivity index (χ3v) is 3.35. The van der Waals surface area contributed by atoms with Crippen LogP contribution in [0.25, 0.3) is 0 Å². The largest absolute Gasteiger partial charge is 0.492 e. The van der Waals surface area contributed by atoms with Gasteiger partial charge in [-0.2, -0.15) is 0 Å². The van der Waals surface area contributed by atoms with E-state index in [0.29, 0.717) is 13.0 Å². The second kappa shape index (κ2) is 7.46. The van der Waals surface area contributed by atoms with Gasteiger partial charge in [0, 0.05) is 24.8 Å². The first kappa shape index (κ1) is 14.3. The zero-order valence-corrected chi connectivity index (χ0v) is 11.5. The van der Waals surface area contributed by atoms with Crippen molar-refractivity contribution in [3.8, 4) is 5.75 Å². The number of ether oxygens (including phenoxy) is 2. The summed E-state index contributed by atoms with van der Waals surface area (Å²) in [7, 11) is 0. The summed E-state index contributed by atoms with van der Waals surface area (Å²) >= 11 is 0. The van der Waals surface area contributed by atoms with Gasteiger partial charge >= 0.3 is 0 Å². The molecule has 2 atom stereocenters. The molecule has 1 aliphatic rings. The summed E-state index contributed by atoms with van der Waals surface area (Å²) in [5, 5.41) is 10.2. The van der Waals surface area contributed by atoms with Crippen molar-refractivity contribution in [2.24, 2.45) is 0 Å². The highest BCUT2D eigenvalue weighted by molar-refractivity contribution is 5.25. The van der Waals surface area contributed by atoms with Crippen molar-refractivity contribution in [2.45, 2.75) is 51.2 Å². The van der Waals surface area contributed by atoms with Crippen molar-refractivity contribution in [2.75, 3.05) is 13.2 Å². The van der Waals surface area contributed by atoms with Gasteiger partial charge in [0.2, 0.25) is 0 Å². The van der Waals surface area contributed by atoms with Gasteiger partial charge < -0.3 is 14.6 Å². The molecule has 0 amide bonds. The lowest BCUT2D eigenvalue weighted by atomic mass is 10.00. The van der Waals surface area contributed by atoms with Gasteiger partial charge in [0.25, 0.3) is 0 Å². The molecular formula is C15H23NO3. The number of rotatable bonds is 6. The Balaban J connectivity index is 1.91. The molecule has 1 N–H and O–H groups in total. The minimum Gasteiger partial charge on any atom is -0.492 e. The molecule has 2 rings (SSSR count). The molecule has 1 fully saturated rings. The van der Waals surface area contributed by atoms with Crippen molar-refractivity contribution < 1.29 is 14.6 Å². The Morgan fingerprint density at radius 1 is 1.47 bits per heavy atom. The van der Waals surface area contributed by atoms with E-state index in [0.717, 1.165) is 37.2 Å². The topological polar surface area (TPSA) is 51.6 Å². The monoisotopic (exact) mass is 265 g/mol. The summed E-state index contributed by atoms with van der Waals surface area (Å²) in [5.41, 5.74) is 0.808. The Morgan fingerprint density at radius 3 is 3.11 bits per heavy atom. The minimum absolute atomic E-state index is 0.170. The smallest absolute Gasteiger partial charge is 0.137 e. The van der Waals surface area contributed by atoms with Crippen LogP contribution in [0.4, 0.5) is 0 Å². The van der Waals surface area contributed by atoms with E-state index in [1.807, 2.05) is 6.07 Å². The second-order valence-electron chi connectivity index (χ2n) is 5.04. The van der Waals surface area contributed by atoms with Gasteiger partial charge in [-0.25, -0.2) is 0 Å². The summed E-state index contributed by atoms with van der Waals surface area (Å²) in [5.74, 6) is 0.725. The number of aromatic nitrogens is 1. The summed E-state index contributed by atoms with van der Waals surface area (Å²) in [6.45, 7) is 3.55. The van der Waals surface area contributed by atoms with Crippen LogP contribution in [0.3, 0.4) is 0 Å². The lowest BCUT2D eigenvalue weighted by molar-refractivity contribution is -0.0156. The van der Waals surface area contributed by atoms with E-state index in [4.69, 9.17) is 9.47 Å². The number of pyridine rings is 1. The quantitative estimate of drug-likeness (QED) is 0.859. The first-order chi connectivity index (χ1) is 9.29. The number of nitrogens with zero attached hydrogens (tertiary/aromatic N) is 1. The van der Waals surface area contributed by atoms with E-state index >= 15 is 0 Å². The molecule has 0 bridgehead atoms. The van der Waals surface area contributed by atoms with Gasteiger partial charge in [-0.05, 0) is 31.7 Å². The van der Waals surface area contributed by atoms with Crippen molar-refractivity contribution >= 4 is 0 Å². The van der Waals surface area contributed by atoms with Crippen LogP contribution < -0.4 is 4.74 Å². The van der Waals surface area contributed by atoms with E-state index in [-0.39, 0.29) is 6.10 Å². The zero-order chi connectivity index (χ0) is 13.5. The Morgan fingerprint density at radius 2 is 2.37 bits per heavy atom. The van der Waals surface area contributed by atoms with Gasteiger partial charge in [0.05, 0.1) is 25.0 Å². The first-order valence-corrected chi connectivity index (χ1v) is 7.17. The molecule has 0 radical (unpaired) electrons. The third kappa shape index (κ3) is 4.48. The second-order valence-corrected chi connectivity index (χ2v) is 5.04. The predicted molar refractivity (Wildman–Crippen MR) is 73.2 cm³/mol. The van der Waals surface area contributed by atoms with Crippen LogP contribution in [-0.4, -0.2) is 29.4 Å². The van der Waals surface area contributed by atoms with Gasteiger partial charge in [0.15, 0.2) is 0 Å². The maximum absolute atomic E-state index is 10.2. The van der Waals surface area contributed by atoms with Crippen LogP contribution in [0, 0.1) is 0 Å². The normalized spacial score (nSPS) is 21.1. The van der Waals surface area contributed by atoms with Crippen molar-refractivity contribution in [3.05, 3.63) is 24.0 Å². The molecule has 1 saturated heterocycles. The summed E-state index contributed by atoms with van der Waals surface area (Å²) < 4.78 is 11.2. The molecule has 1 aromatic rings. The minimum atomic E-state index is -0.527. The highest BCUT2D eigenvalue weighted by Gasteiger charge is 2.19.